The zero-order chi connectivity index (χ0) is 14.5. The molecule has 0 aromatic rings. The summed E-state index contributed by atoms with van der Waals surface area (Å²) < 4.78 is 5.22. The van der Waals surface area contributed by atoms with Crippen molar-refractivity contribution in [2.45, 2.75) is 51.7 Å². The number of hydrogen-bond acceptors (Lipinski definition) is 3. The van der Waals surface area contributed by atoms with E-state index in [4.69, 9.17) is 16.3 Å². The maximum absolute atomic E-state index is 11.7. The topological polar surface area (TPSA) is 58.6 Å². The van der Waals surface area contributed by atoms with E-state index < -0.39 is 11.7 Å². The number of rotatable bonds is 2. The molecule has 1 unspecified atom stereocenters. The van der Waals surface area contributed by atoms with E-state index in [1.165, 1.54) is 0 Å². The van der Waals surface area contributed by atoms with Crippen molar-refractivity contribution in [3.05, 3.63) is 0 Å². The molecule has 2 amide bonds. The molecule has 0 aliphatic carbocycles. The molecule has 0 saturated carbocycles. The van der Waals surface area contributed by atoms with Gasteiger partial charge in [-0.3, -0.25) is 4.79 Å². The summed E-state index contributed by atoms with van der Waals surface area (Å²) >= 11 is 5.58. The van der Waals surface area contributed by atoms with Crippen LogP contribution in [0.25, 0.3) is 0 Å². The molecule has 5 nitrogen and oxygen atoms in total. The fourth-order valence-corrected chi connectivity index (χ4v) is 2.21. The van der Waals surface area contributed by atoms with Crippen molar-refractivity contribution < 1.29 is 14.3 Å². The predicted octanol–water partition coefficient (Wildman–Crippen LogP) is 2.13. The lowest BCUT2D eigenvalue weighted by atomic mass is 10.1. The van der Waals surface area contributed by atoms with Gasteiger partial charge in [0.25, 0.3) is 0 Å². The van der Waals surface area contributed by atoms with Crippen LogP contribution in [0.15, 0.2) is 0 Å². The molecule has 0 aromatic heterocycles. The molecule has 1 aliphatic rings. The van der Waals surface area contributed by atoms with Gasteiger partial charge in [-0.2, -0.15) is 0 Å². The monoisotopic (exact) mass is 290 g/mol. The summed E-state index contributed by atoms with van der Waals surface area (Å²) in [5.74, 6) is -0.0985. The first-order valence-corrected chi connectivity index (χ1v) is 7.18. The van der Waals surface area contributed by atoms with Crippen LogP contribution in [-0.2, 0) is 9.53 Å². The summed E-state index contributed by atoms with van der Waals surface area (Å²) in [6.45, 7) is 6.68. The zero-order valence-electron chi connectivity index (χ0n) is 11.9. The molecule has 19 heavy (non-hydrogen) atoms. The van der Waals surface area contributed by atoms with Gasteiger partial charge in [0.1, 0.15) is 11.5 Å². The van der Waals surface area contributed by atoms with Crippen LogP contribution in [0.4, 0.5) is 4.79 Å². The van der Waals surface area contributed by atoms with Gasteiger partial charge in [0.05, 0.1) is 0 Å². The van der Waals surface area contributed by atoms with Gasteiger partial charge >= 0.3 is 6.09 Å². The second-order valence-corrected chi connectivity index (χ2v) is 6.08. The molecule has 1 heterocycles. The van der Waals surface area contributed by atoms with Gasteiger partial charge in [-0.05, 0) is 40.0 Å². The summed E-state index contributed by atoms with van der Waals surface area (Å²) in [4.78, 5) is 25.1. The number of ether oxygens (including phenoxy) is 1. The molecular formula is C13H23ClN2O3. The fourth-order valence-electron chi connectivity index (χ4n) is 2.05. The van der Waals surface area contributed by atoms with E-state index in [0.717, 1.165) is 19.3 Å². The highest BCUT2D eigenvalue weighted by molar-refractivity contribution is 6.27. The second kappa shape index (κ2) is 6.98. The highest BCUT2D eigenvalue weighted by Gasteiger charge is 2.24. The number of alkyl halides is 1. The molecule has 1 N–H and O–H groups in total. The number of amides is 2. The summed E-state index contributed by atoms with van der Waals surface area (Å²) in [6.07, 6.45) is 2.34. The maximum atomic E-state index is 11.7. The van der Waals surface area contributed by atoms with Gasteiger partial charge in [0, 0.05) is 19.1 Å². The second-order valence-electron chi connectivity index (χ2n) is 5.81. The van der Waals surface area contributed by atoms with E-state index in [1.54, 1.807) is 4.90 Å². The average molecular weight is 291 g/mol. The number of hydrogen-bond donors (Lipinski definition) is 1. The molecule has 0 radical (unpaired) electrons. The standard InChI is InChI=1S/C13H23ClN2O3/c1-13(2,3)19-12(18)15-10-6-4-5-7-16(9-10)11(17)8-14/h10H,4-9H2,1-3H3,(H,15,18). The average Bonchev–Trinajstić information content (AvgIpc) is 2.51. The highest BCUT2D eigenvalue weighted by Crippen LogP contribution is 2.13. The molecule has 0 bridgehead atoms. The van der Waals surface area contributed by atoms with Gasteiger partial charge in [-0.15, -0.1) is 11.6 Å². The molecular weight excluding hydrogens is 268 g/mol. The minimum atomic E-state index is -0.513. The minimum absolute atomic E-state index is 0.0147. The Morgan fingerprint density at radius 3 is 2.63 bits per heavy atom. The van der Waals surface area contributed by atoms with Crippen LogP contribution in [0.3, 0.4) is 0 Å². The molecule has 1 aliphatic heterocycles. The SMILES string of the molecule is CC(C)(C)OC(=O)NC1CCCCN(C(=O)CCl)C1. The van der Waals surface area contributed by atoms with E-state index in [2.05, 4.69) is 5.32 Å². The zero-order valence-corrected chi connectivity index (χ0v) is 12.6. The first kappa shape index (κ1) is 16.1. The minimum Gasteiger partial charge on any atom is -0.444 e. The Morgan fingerprint density at radius 2 is 2.05 bits per heavy atom. The molecule has 1 rings (SSSR count). The van der Waals surface area contributed by atoms with Crippen LogP contribution in [0.2, 0.25) is 0 Å². The smallest absolute Gasteiger partial charge is 0.407 e. The molecule has 1 saturated heterocycles. The first-order chi connectivity index (χ1) is 8.81. The lowest BCUT2D eigenvalue weighted by Gasteiger charge is -2.26. The van der Waals surface area contributed by atoms with Crippen molar-refractivity contribution in [1.29, 1.82) is 0 Å². The lowest BCUT2D eigenvalue weighted by Crippen LogP contribution is -2.46. The van der Waals surface area contributed by atoms with Crippen LogP contribution in [0, 0.1) is 0 Å². The highest BCUT2D eigenvalue weighted by atomic mass is 35.5. The Bertz CT molecular complexity index is 328. The van der Waals surface area contributed by atoms with Crippen LogP contribution in [-0.4, -0.2) is 47.5 Å². The van der Waals surface area contributed by atoms with Gasteiger partial charge in [0.2, 0.25) is 5.91 Å². The third-order valence-corrected chi connectivity index (χ3v) is 3.09. The van der Waals surface area contributed by atoms with Gasteiger partial charge in [0.15, 0.2) is 0 Å². The summed E-state index contributed by atoms with van der Waals surface area (Å²) in [5.41, 5.74) is -0.513. The van der Waals surface area contributed by atoms with Crippen LogP contribution < -0.4 is 5.32 Å². The summed E-state index contributed by atoms with van der Waals surface area (Å²) in [7, 11) is 0. The van der Waals surface area contributed by atoms with Crippen LogP contribution >= 0.6 is 11.6 Å². The summed E-state index contributed by atoms with van der Waals surface area (Å²) in [6, 6.07) is -0.0653. The van der Waals surface area contributed by atoms with Crippen molar-refractivity contribution in [2.75, 3.05) is 19.0 Å². The van der Waals surface area contributed by atoms with E-state index in [0.29, 0.717) is 13.1 Å². The number of nitrogens with zero attached hydrogens (tertiary/aromatic N) is 1. The van der Waals surface area contributed by atoms with Crippen molar-refractivity contribution in [3.8, 4) is 0 Å². The van der Waals surface area contributed by atoms with Crippen LogP contribution in [0.5, 0.6) is 0 Å². The van der Waals surface area contributed by atoms with Crippen molar-refractivity contribution in [3.63, 3.8) is 0 Å². The van der Waals surface area contributed by atoms with E-state index in [1.807, 2.05) is 20.8 Å². The van der Waals surface area contributed by atoms with Crippen molar-refractivity contribution in [2.24, 2.45) is 0 Å². The fraction of sp³-hybridized carbons (Fsp3) is 0.846. The Morgan fingerprint density at radius 1 is 1.37 bits per heavy atom. The molecule has 0 aromatic carbocycles. The number of carbonyl (C=O) groups is 2. The molecule has 1 atom stereocenters. The van der Waals surface area contributed by atoms with Crippen molar-refractivity contribution >= 4 is 23.6 Å². The van der Waals surface area contributed by atoms with Gasteiger partial charge < -0.3 is 15.0 Å². The summed E-state index contributed by atoms with van der Waals surface area (Å²) in [5, 5.41) is 2.83. The first-order valence-electron chi connectivity index (χ1n) is 6.65. The van der Waals surface area contributed by atoms with Gasteiger partial charge in [-0.1, -0.05) is 0 Å². The van der Waals surface area contributed by atoms with E-state index in [9.17, 15) is 9.59 Å². The number of halogens is 1. The Labute approximate surface area is 119 Å². The van der Waals surface area contributed by atoms with Crippen molar-refractivity contribution in [1.82, 2.24) is 10.2 Å². The van der Waals surface area contributed by atoms with E-state index >= 15 is 0 Å². The lowest BCUT2D eigenvalue weighted by molar-refractivity contribution is -0.128. The number of likely N-dealkylation sites (tertiary alicyclic amines) is 1. The Kier molecular flexibility index (Phi) is 5.91. The maximum Gasteiger partial charge on any atom is 0.407 e. The molecule has 0 spiro atoms. The quantitative estimate of drug-likeness (QED) is 0.793. The van der Waals surface area contributed by atoms with Crippen LogP contribution in [0.1, 0.15) is 40.0 Å². The predicted molar refractivity (Wildman–Crippen MR) is 74.3 cm³/mol. The molecule has 6 heteroatoms. The molecule has 1 fully saturated rings. The molecule has 110 valence electrons. The normalized spacial score (nSPS) is 20.6. The largest absolute Gasteiger partial charge is 0.444 e. The van der Waals surface area contributed by atoms with E-state index in [-0.39, 0.29) is 17.8 Å². The number of carbonyl (C=O) groups excluding carboxylic acids is 2. The van der Waals surface area contributed by atoms with Gasteiger partial charge in [-0.25, -0.2) is 4.79 Å². The Balaban J connectivity index is 2.52. The third kappa shape index (κ3) is 6.14. The third-order valence-electron chi connectivity index (χ3n) is 2.86. The number of nitrogens with one attached hydrogen (secondary N) is 1. The number of alkyl carbamates (subject to hydrolysis) is 1. The Hall–Kier alpha value is -0.970.